The van der Waals surface area contributed by atoms with Crippen LogP contribution < -0.4 is 5.32 Å². The number of benzene rings is 1. The quantitative estimate of drug-likeness (QED) is 0.751. The van der Waals surface area contributed by atoms with Gasteiger partial charge < -0.3 is 10.2 Å². The Morgan fingerprint density at radius 3 is 3.00 bits per heavy atom. The van der Waals surface area contributed by atoms with Crippen molar-refractivity contribution in [3.8, 4) is 0 Å². The fraction of sp³-hybridized carbons (Fsp3) is 0.556. The molecule has 24 heavy (non-hydrogen) atoms. The molecule has 0 spiro atoms. The summed E-state index contributed by atoms with van der Waals surface area (Å²) in [6, 6.07) is 7.84. The summed E-state index contributed by atoms with van der Waals surface area (Å²) in [5, 5.41) is 3.76. The normalized spacial score (nSPS) is 17.6. The zero-order valence-electron chi connectivity index (χ0n) is 14.1. The number of thioether (sulfide) groups is 1. The fourth-order valence-corrected chi connectivity index (χ4v) is 3.87. The van der Waals surface area contributed by atoms with E-state index in [9.17, 15) is 9.59 Å². The van der Waals surface area contributed by atoms with Gasteiger partial charge in [0.2, 0.25) is 11.8 Å². The molecule has 0 radical (unpaired) electrons. The third kappa shape index (κ3) is 6.02. The number of hydrogen-bond donors (Lipinski definition) is 1. The fourth-order valence-electron chi connectivity index (χ4n) is 2.85. The first kappa shape index (κ1) is 19.1. The molecule has 0 bridgehead atoms. The van der Waals surface area contributed by atoms with Crippen molar-refractivity contribution < 1.29 is 9.59 Å². The monoisotopic (exact) mass is 368 g/mol. The maximum atomic E-state index is 12.3. The molecular weight excluding hydrogens is 344 g/mol. The van der Waals surface area contributed by atoms with Gasteiger partial charge in [-0.15, -0.1) is 0 Å². The summed E-state index contributed by atoms with van der Waals surface area (Å²) in [5.74, 6) is 1.91. The van der Waals surface area contributed by atoms with Gasteiger partial charge in [0.1, 0.15) is 0 Å². The predicted molar refractivity (Wildman–Crippen MR) is 100 cm³/mol. The highest BCUT2D eigenvalue weighted by atomic mass is 35.5. The molecule has 1 saturated heterocycles. The Kier molecular flexibility index (Phi) is 7.92. The number of likely N-dealkylation sites (tertiary alicyclic amines) is 1. The highest BCUT2D eigenvalue weighted by molar-refractivity contribution is 7.98. The van der Waals surface area contributed by atoms with Crippen LogP contribution >= 0.6 is 23.4 Å². The molecule has 1 aromatic rings. The molecule has 1 fully saturated rings. The average molecular weight is 369 g/mol. The smallest absolute Gasteiger partial charge is 0.224 e. The van der Waals surface area contributed by atoms with Crippen LogP contribution in [-0.2, 0) is 15.3 Å². The van der Waals surface area contributed by atoms with Crippen LogP contribution in [0.1, 0.15) is 31.7 Å². The van der Waals surface area contributed by atoms with Crippen molar-refractivity contribution in [3.63, 3.8) is 0 Å². The molecule has 0 aliphatic carbocycles. The third-order valence-electron chi connectivity index (χ3n) is 4.15. The molecule has 0 aromatic heterocycles. The summed E-state index contributed by atoms with van der Waals surface area (Å²) in [4.78, 5) is 25.9. The van der Waals surface area contributed by atoms with Crippen molar-refractivity contribution in [1.82, 2.24) is 10.2 Å². The van der Waals surface area contributed by atoms with E-state index in [4.69, 9.17) is 11.6 Å². The van der Waals surface area contributed by atoms with E-state index in [1.165, 1.54) is 5.56 Å². The summed E-state index contributed by atoms with van der Waals surface area (Å²) in [6.07, 6.45) is 2.29. The highest BCUT2D eigenvalue weighted by Gasteiger charge is 2.27. The molecule has 1 unspecified atom stereocenters. The van der Waals surface area contributed by atoms with E-state index in [2.05, 4.69) is 11.4 Å². The van der Waals surface area contributed by atoms with Crippen LogP contribution in [0.3, 0.4) is 0 Å². The number of hydrogen-bond acceptors (Lipinski definition) is 3. The minimum absolute atomic E-state index is 0.0628. The van der Waals surface area contributed by atoms with Gasteiger partial charge in [-0.1, -0.05) is 30.7 Å². The lowest BCUT2D eigenvalue weighted by Crippen LogP contribution is -2.45. The number of amides is 2. The van der Waals surface area contributed by atoms with Crippen LogP contribution in [0, 0.1) is 5.92 Å². The Bertz CT molecular complexity index is 568. The highest BCUT2D eigenvalue weighted by Crippen LogP contribution is 2.18. The largest absolute Gasteiger partial charge is 0.355 e. The lowest BCUT2D eigenvalue weighted by atomic mass is 9.97. The second kappa shape index (κ2) is 9.94. The molecule has 1 aliphatic heterocycles. The van der Waals surface area contributed by atoms with Gasteiger partial charge in [-0.25, -0.2) is 0 Å². The first-order chi connectivity index (χ1) is 11.6. The maximum Gasteiger partial charge on any atom is 0.224 e. The first-order valence-electron chi connectivity index (χ1n) is 8.47. The van der Waals surface area contributed by atoms with Gasteiger partial charge in [-0.2, -0.15) is 11.8 Å². The van der Waals surface area contributed by atoms with Gasteiger partial charge in [0.15, 0.2) is 0 Å². The Morgan fingerprint density at radius 1 is 1.42 bits per heavy atom. The van der Waals surface area contributed by atoms with E-state index in [1.807, 2.05) is 30.0 Å². The molecule has 2 rings (SSSR count). The van der Waals surface area contributed by atoms with Gasteiger partial charge >= 0.3 is 0 Å². The minimum Gasteiger partial charge on any atom is -0.355 e. The maximum absolute atomic E-state index is 12.3. The number of nitrogens with one attached hydrogen (secondary N) is 1. The van der Waals surface area contributed by atoms with Crippen molar-refractivity contribution in [2.24, 2.45) is 5.92 Å². The lowest BCUT2D eigenvalue weighted by Gasteiger charge is -2.31. The van der Waals surface area contributed by atoms with Gasteiger partial charge in [-0.3, -0.25) is 9.59 Å². The summed E-state index contributed by atoms with van der Waals surface area (Å²) in [7, 11) is 0. The topological polar surface area (TPSA) is 49.4 Å². The number of halogens is 1. The Balaban J connectivity index is 1.65. The van der Waals surface area contributed by atoms with Crippen molar-refractivity contribution in [3.05, 3.63) is 34.9 Å². The zero-order valence-corrected chi connectivity index (χ0v) is 15.7. The second-order valence-electron chi connectivity index (χ2n) is 6.01. The van der Waals surface area contributed by atoms with E-state index in [0.29, 0.717) is 19.5 Å². The molecule has 4 nitrogen and oxygen atoms in total. The number of carbonyl (C=O) groups excluding carboxylic acids is 2. The van der Waals surface area contributed by atoms with Crippen LogP contribution in [0.5, 0.6) is 0 Å². The van der Waals surface area contributed by atoms with E-state index < -0.39 is 0 Å². The number of nitrogens with zero attached hydrogens (tertiary/aromatic N) is 1. The molecule has 1 heterocycles. The van der Waals surface area contributed by atoms with Gasteiger partial charge in [-0.05, 0) is 30.5 Å². The predicted octanol–water partition coefficient (Wildman–Crippen LogP) is 3.34. The summed E-state index contributed by atoms with van der Waals surface area (Å²) in [6.45, 7) is 3.87. The second-order valence-corrected chi connectivity index (χ2v) is 7.55. The van der Waals surface area contributed by atoms with Crippen molar-refractivity contribution in [1.29, 1.82) is 0 Å². The average Bonchev–Trinajstić information content (AvgIpc) is 2.60. The number of rotatable bonds is 7. The van der Waals surface area contributed by atoms with Crippen LogP contribution in [0.15, 0.2) is 24.3 Å². The molecule has 1 atom stereocenters. The first-order valence-corrected chi connectivity index (χ1v) is 10.0. The summed E-state index contributed by atoms with van der Waals surface area (Å²) >= 11 is 7.74. The zero-order chi connectivity index (χ0) is 17.4. The van der Waals surface area contributed by atoms with Crippen LogP contribution in [0.2, 0.25) is 5.02 Å². The number of piperidine rings is 1. The van der Waals surface area contributed by atoms with Gasteiger partial charge in [0.05, 0.1) is 5.92 Å². The van der Waals surface area contributed by atoms with E-state index >= 15 is 0 Å². The van der Waals surface area contributed by atoms with E-state index in [-0.39, 0.29) is 17.7 Å². The molecule has 1 aliphatic rings. The van der Waals surface area contributed by atoms with E-state index in [0.717, 1.165) is 35.9 Å². The van der Waals surface area contributed by atoms with Crippen LogP contribution in [0.25, 0.3) is 0 Å². The number of carbonyl (C=O) groups is 2. The summed E-state index contributed by atoms with van der Waals surface area (Å²) in [5.41, 5.74) is 1.19. The third-order valence-corrected chi connectivity index (χ3v) is 5.42. The lowest BCUT2D eigenvalue weighted by molar-refractivity contribution is -0.135. The Labute approximate surface area is 153 Å². The molecule has 1 aromatic carbocycles. The molecular formula is C18H25ClN2O2S. The van der Waals surface area contributed by atoms with Crippen molar-refractivity contribution in [2.45, 2.75) is 31.9 Å². The molecule has 1 N–H and O–H groups in total. The van der Waals surface area contributed by atoms with Gasteiger partial charge in [0, 0.05) is 42.6 Å². The molecule has 132 valence electrons. The van der Waals surface area contributed by atoms with Crippen LogP contribution in [-0.4, -0.2) is 42.1 Å². The van der Waals surface area contributed by atoms with Crippen molar-refractivity contribution in [2.75, 3.05) is 25.4 Å². The molecule has 2 amide bonds. The molecule has 0 saturated carbocycles. The molecule has 6 heteroatoms. The SMILES string of the molecule is CCC(=O)N1CCCC(C(=O)NCCSCc2cccc(Cl)c2)C1. The summed E-state index contributed by atoms with van der Waals surface area (Å²) < 4.78 is 0. The van der Waals surface area contributed by atoms with E-state index in [1.54, 1.807) is 11.8 Å². The Morgan fingerprint density at radius 2 is 2.25 bits per heavy atom. The van der Waals surface area contributed by atoms with Crippen LogP contribution in [0.4, 0.5) is 0 Å². The van der Waals surface area contributed by atoms with Gasteiger partial charge in [0.25, 0.3) is 0 Å². The Hall–Kier alpha value is -1.20. The standard InChI is InChI=1S/C18H25ClN2O2S/c1-2-17(22)21-9-4-6-15(12-21)18(23)20-8-10-24-13-14-5-3-7-16(19)11-14/h3,5,7,11,15H,2,4,6,8-10,12-13H2,1H3,(H,20,23). The minimum atomic E-state index is -0.0628. The van der Waals surface area contributed by atoms with Crippen molar-refractivity contribution >= 4 is 35.2 Å².